The van der Waals surface area contributed by atoms with Crippen LogP contribution in [0.15, 0.2) is 12.1 Å². The molecule has 4 heteroatoms. The van der Waals surface area contributed by atoms with Crippen LogP contribution >= 0.6 is 0 Å². The van der Waals surface area contributed by atoms with Crippen molar-refractivity contribution in [2.24, 2.45) is 0 Å². The van der Waals surface area contributed by atoms with Crippen LogP contribution in [-0.2, 0) is 16.6 Å². The molecule has 2 N–H and O–H groups in total. The molecule has 0 aliphatic heterocycles. The summed E-state index contributed by atoms with van der Waals surface area (Å²) < 4.78 is 0. The smallest absolute Gasteiger partial charge is 0.220 e. The highest BCUT2D eigenvalue weighted by Crippen LogP contribution is 2.34. The molecule has 0 unspecified atom stereocenters. The number of benzene rings is 1. The Balaban J connectivity index is 2.67. The minimum atomic E-state index is -0.112. The first-order valence-electron chi connectivity index (χ1n) is 7.85. The number of rotatable bonds is 6. The quantitative estimate of drug-likeness (QED) is 0.849. The highest BCUT2D eigenvalue weighted by Gasteiger charge is 2.20. The first kappa shape index (κ1) is 18.5. The summed E-state index contributed by atoms with van der Waals surface area (Å²) in [4.78, 5) is 13.9. The minimum absolute atomic E-state index is 0.0740. The maximum atomic E-state index is 11.9. The number of aryl methyl sites for hydroxylation is 2. The number of aromatic hydroxyl groups is 1. The van der Waals surface area contributed by atoms with Gasteiger partial charge in [-0.05, 0) is 49.5 Å². The van der Waals surface area contributed by atoms with Gasteiger partial charge < -0.3 is 15.3 Å². The third-order valence-electron chi connectivity index (χ3n) is 3.69. The van der Waals surface area contributed by atoms with Crippen LogP contribution in [0.3, 0.4) is 0 Å². The molecule has 0 fully saturated rings. The fraction of sp³-hybridized carbons (Fsp3) is 0.611. The van der Waals surface area contributed by atoms with E-state index in [-0.39, 0.29) is 11.3 Å². The second-order valence-corrected chi connectivity index (χ2v) is 7.21. The maximum Gasteiger partial charge on any atom is 0.220 e. The Morgan fingerprint density at radius 3 is 2.45 bits per heavy atom. The first-order valence-corrected chi connectivity index (χ1v) is 7.85. The number of likely N-dealkylation sites (N-methyl/N-ethyl adjacent to an activating group) is 1. The Morgan fingerprint density at radius 2 is 1.91 bits per heavy atom. The van der Waals surface area contributed by atoms with Crippen LogP contribution in [0.4, 0.5) is 0 Å². The van der Waals surface area contributed by atoms with Crippen LogP contribution in [0.2, 0.25) is 0 Å². The molecule has 0 aliphatic rings. The Hall–Kier alpha value is -1.55. The summed E-state index contributed by atoms with van der Waals surface area (Å²) in [5.41, 5.74) is 2.80. The van der Waals surface area contributed by atoms with E-state index in [0.29, 0.717) is 25.1 Å². The standard InChI is InChI=1S/C18H30N2O2/c1-13-11-14(12-15(17(13)22)18(2,3)4)7-8-16(21)19-9-10-20(5)6/h11-12,22H,7-10H2,1-6H3,(H,19,21). The molecule has 1 amide bonds. The number of phenolic OH excluding ortho intramolecular Hbond substituents is 1. The average Bonchev–Trinajstić information content (AvgIpc) is 2.38. The van der Waals surface area contributed by atoms with Crippen LogP contribution in [0.5, 0.6) is 5.75 Å². The van der Waals surface area contributed by atoms with Crippen LogP contribution in [0.25, 0.3) is 0 Å². The van der Waals surface area contributed by atoms with E-state index in [0.717, 1.165) is 23.2 Å². The van der Waals surface area contributed by atoms with E-state index in [1.165, 1.54) is 0 Å². The van der Waals surface area contributed by atoms with Crippen molar-refractivity contribution in [3.05, 3.63) is 28.8 Å². The summed E-state index contributed by atoms with van der Waals surface area (Å²) in [7, 11) is 3.97. The van der Waals surface area contributed by atoms with Gasteiger partial charge in [0.2, 0.25) is 5.91 Å². The van der Waals surface area contributed by atoms with E-state index in [2.05, 4.69) is 26.1 Å². The highest BCUT2D eigenvalue weighted by atomic mass is 16.3. The van der Waals surface area contributed by atoms with Crippen molar-refractivity contribution in [1.29, 1.82) is 0 Å². The Kier molecular flexibility index (Phi) is 6.42. The van der Waals surface area contributed by atoms with E-state index < -0.39 is 0 Å². The fourth-order valence-electron chi connectivity index (χ4n) is 2.34. The van der Waals surface area contributed by atoms with Gasteiger partial charge in [0, 0.05) is 19.5 Å². The normalized spacial score (nSPS) is 11.8. The van der Waals surface area contributed by atoms with Crippen LogP contribution in [-0.4, -0.2) is 43.1 Å². The van der Waals surface area contributed by atoms with Gasteiger partial charge in [0.25, 0.3) is 0 Å². The predicted octanol–water partition coefficient (Wildman–Crippen LogP) is 2.61. The summed E-state index contributed by atoms with van der Waals surface area (Å²) in [6.07, 6.45) is 1.17. The number of nitrogens with zero attached hydrogens (tertiary/aromatic N) is 1. The molecule has 0 spiro atoms. The van der Waals surface area contributed by atoms with Crippen LogP contribution in [0, 0.1) is 6.92 Å². The summed E-state index contributed by atoms with van der Waals surface area (Å²) in [5, 5.41) is 13.1. The van der Waals surface area contributed by atoms with E-state index in [4.69, 9.17) is 0 Å². The molecule has 1 aromatic carbocycles. The first-order chi connectivity index (χ1) is 10.1. The van der Waals surface area contributed by atoms with E-state index in [1.807, 2.05) is 38.1 Å². The summed E-state index contributed by atoms with van der Waals surface area (Å²) in [5.74, 6) is 0.441. The lowest BCUT2D eigenvalue weighted by Crippen LogP contribution is -2.31. The van der Waals surface area contributed by atoms with Gasteiger partial charge in [0.1, 0.15) is 5.75 Å². The molecule has 0 saturated carbocycles. The number of carbonyl (C=O) groups is 1. The number of hydrogen-bond donors (Lipinski definition) is 2. The van der Waals surface area contributed by atoms with Crippen molar-refractivity contribution in [2.45, 2.75) is 46.0 Å². The lowest BCUT2D eigenvalue weighted by molar-refractivity contribution is -0.121. The second-order valence-electron chi connectivity index (χ2n) is 7.21. The number of amides is 1. The van der Waals surface area contributed by atoms with Crippen molar-refractivity contribution in [1.82, 2.24) is 10.2 Å². The zero-order chi connectivity index (χ0) is 16.9. The van der Waals surface area contributed by atoms with Crippen LogP contribution < -0.4 is 5.32 Å². The van der Waals surface area contributed by atoms with Gasteiger partial charge in [0.15, 0.2) is 0 Å². The van der Waals surface area contributed by atoms with Crippen molar-refractivity contribution in [3.8, 4) is 5.75 Å². The lowest BCUT2D eigenvalue weighted by Gasteiger charge is -2.22. The molecule has 0 saturated heterocycles. The second kappa shape index (κ2) is 7.63. The van der Waals surface area contributed by atoms with Crippen molar-refractivity contribution >= 4 is 5.91 Å². The largest absolute Gasteiger partial charge is 0.507 e. The summed E-state index contributed by atoms with van der Waals surface area (Å²) >= 11 is 0. The van der Waals surface area contributed by atoms with E-state index in [9.17, 15) is 9.90 Å². The molecule has 0 atom stereocenters. The Bertz CT molecular complexity index is 517. The lowest BCUT2D eigenvalue weighted by atomic mass is 9.83. The third-order valence-corrected chi connectivity index (χ3v) is 3.69. The van der Waals surface area contributed by atoms with Crippen molar-refractivity contribution < 1.29 is 9.90 Å². The van der Waals surface area contributed by atoms with Gasteiger partial charge in [-0.25, -0.2) is 0 Å². The van der Waals surface area contributed by atoms with Gasteiger partial charge in [-0.3, -0.25) is 4.79 Å². The molecular weight excluding hydrogens is 276 g/mol. The van der Waals surface area contributed by atoms with Gasteiger partial charge in [-0.1, -0.05) is 32.9 Å². The number of phenols is 1. The molecule has 1 aromatic rings. The van der Waals surface area contributed by atoms with Crippen molar-refractivity contribution in [2.75, 3.05) is 27.2 Å². The molecule has 0 radical (unpaired) electrons. The zero-order valence-corrected chi connectivity index (χ0v) is 14.8. The molecule has 124 valence electrons. The Labute approximate surface area is 134 Å². The molecule has 0 bridgehead atoms. The summed E-state index contributed by atoms with van der Waals surface area (Å²) in [6, 6.07) is 3.99. The monoisotopic (exact) mass is 306 g/mol. The maximum absolute atomic E-state index is 11.9. The van der Waals surface area contributed by atoms with E-state index in [1.54, 1.807) is 0 Å². The third kappa shape index (κ3) is 5.68. The Morgan fingerprint density at radius 1 is 1.27 bits per heavy atom. The van der Waals surface area contributed by atoms with Gasteiger partial charge in [0.05, 0.1) is 0 Å². The fourth-order valence-corrected chi connectivity index (χ4v) is 2.34. The number of hydrogen-bond acceptors (Lipinski definition) is 3. The minimum Gasteiger partial charge on any atom is -0.507 e. The molecule has 1 rings (SSSR count). The van der Waals surface area contributed by atoms with Crippen LogP contribution in [0.1, 0.15) is 43.9 Å². The number of carbonyl (C=O) groups excluding carboxylic acids is 1. The molecular formula is C18H30N2O2. The molecule has 4 nitrogen and oxygen atoms in total. The zero-order valence-electron chi connectivity index (χ0n) is 14.8. The molecule has 0 aromatic heterocycles. The summed E-state index contributed by atoms with van der Waals surface area (Å²) in [6.45, 7) is 9.68. The predicted molar refractivity (Wildman–Crippen MR) is 91.4 cm³/mol. The topological polar surface area (TPSA) is 52.6 Å². The average molecular weight is 306 g/mol. The molecule has 0 heterocycles. The number of nitrogens with one attached hydrogen (secondary N) is 1. The van der Waals surface area contributed by atoms with Crippen molar-refractivity contribution in [3.63, 3.8) is 0 Å². The van der Waals surface area contributed by atoms with Gasteiger partial charge in [-0.15, -0.1) is 0 Å². The van der Waals surface area contributed by atoms with Gasteiger partial charge >= 0.3 is 0 Å². The highest BCUT2D eigenvalue weighted by molar-refractivity contribution is 5.76. The molecule has 22 heavy (non-hydrogen) atoms. The molecule has 0 aliphatic carbocycles. The van der Waals surface area contributed by atoms with E-state index >= 15 is 0 Å². The van der Waals surface area contributed by atoms with Gasteiger partial charge in [-0.2, -0.15) is 0 Å². The SMILES string of the molecule is Cc1cc(CCC(=O)NCCN(C)C)cc(C(C)(C)C)c1O.